The summed E-state index contributed by atoms with van der Waals surface area (Å²) in [5.41, 5.74) is 4.31. The quantitative estimate of drug-likeness (QED) is 0.616. The second-order valence-corrected chi connectivity index (χ2v) is 2.09. The minimum absolute atomic E-state index is 0.0780. The number of aromatic nitrogens is 1. The fourth-order valence-corrected chi connectivity index (χ4v) is 0.645. The van der Waals surface area contributed by atoms with E-state index in [0.29, 0.717) is 0 Å². The first-order chi connectivity index (χ1) is 5.00. The molecule has 1 heterocycles. The fraction of sp³-hybridized carbons (Fsp3) is 0. The van der Waals surface area contributed by atoms with E-state index >= 15 is 0 Å². The summed E-state index contributed by atoms with van der Waals surface area (Å²) in [5.74, 6) is 0. The van der Waals surface area contributed by atoms with Gasteiger partial charge >= 0.3 is 6.98 Å². The third-order valence-electron chi connectivity index (χ3n) is 1.14. The Morgan fingerprint density at radius 3 is 2.36 bits per heavy atom. The highest BCUT2D eigenvalue weighted by Crippen LogP contribution is 2.08. The predicted molar refractivity (Wildman–Crippen MR) is 37.4 cm³/mol. The molecule has 0 saturated heterocycles. The monoisotopic (exact) mass is 161 g/mol. The predicted octanol–water partition coefficient (Wildman–Crippen LogP) is 0.718. The summed E-state index contributed by atoms with van der Waals surface area (Å²) in [6.45, 7) is -5.01. The fourth-order valence-electron chi connectivity index (χ4n) is 0.645. The van der Waals surface area contributed by atoms with Crippen LogP contribution in [-0.4, -0.2) is 12.0 Å². The van der Waals surface area contributed by atoms with Gasteiger partial charge in [-0.05, 0) is 17.7 Å². The molecular weight excluding hydrogens is 156 g/mol. The molecule has 1 aromatic rings. The number of pyridine rings is 1. The number of rotatable bonds is 1. The van der Waals surface area contributed by atoms with Crippen molar-refractivity contribution in [3.05, 3.63) is 18.3 Å². The first-order valence-corrected chi connectivity index (χ1v) is 2.91. The van der Waals surface area contributed by atoms with Crippen molar-refractivity contribution in [3.8, 4) is 0 Å². The molecule has 0 fully saturated rings. The molecule has 2 N–H and O–H groups in total. The van der Waals surface area contributed by atoms with Gasteiger partial charge in [0.1, 0.15) is 0 Å². The van der Waals surface area contributed by atoms with Gasteiger partial charge in [-0.25, -0.2) is 0 Å². The minimum atomic E-state index is -5.01. The molecule has 0 atom stereocenters. The zero-order valence-corrected chi connectivity index (χ0v) is 5.47. The molecule has 0 aromatic carbocycles. The lowest BCUT2D eigenvalue weighted by Crippen LogP contribution is -2.36. The Labute approximate surface area is 61.3 Å². The Bertz CT molecular complexity index is 260. The summed E-state index contributed by atoms with van der Waals surface area (Å²) in [5, 5.41) is 0. The first kappa shape index (κ1) is 7.91. The second-order valence-electron chi connectivity index (χ2n) is 2.09. The molecule has 1 aromatic heterocycles. The van der Waals surface area contributed by atoms with Gasteiger partial charge in [0.15, 0.2) is 0 Å². The normalized spacial score (nSPS) is 11.5. The summed E-state index contributed by atoms with van der Waals surface area (Å²) in [6.07, 6.45) is 1.04. The molecule has 0 amide bonds. The van der Waals surface area contributed by atoms with Gasteiger partial charge in [0.05, 0.1) is 0 Å². The van der Waals surface area contributed by atoms with Crippen molar-refractivity contribution in [1.82, 2.24) is 4.98 Å². The smallest absolute Gasteiger partial charge is 0.444 e. The van der Waals surface area contributed by atoms with E-state index < -0.39 is 12.6 Å². The number of hydrogen-bond donors (Lipinski definition) is 1. The van der Waals surface area contributed by atoms with E-state index in [4.69, 9.17) is 5.73 Å². The van der Waals surface area contributed by atoms with Crippen molar-refractivity contribution in [2.75, 3.05) is 5.73 Å². The highest BCUT2D eigenvalue weighted by molar-refractivity contribution is 6.72. The molecular formula is C5H5BF3N2-. The van der Waals surface area contributed by atoms with Crippen LogP contribution in [-0.2, 0) is 0 Å². The highest BCUT2D eigenvalue weighted by Gasteiger charge is 2.27. The lowest BCUT2D eigenvalue weighted by atomic mass is 9.85. The molecule has 0 aliphatic carbocycles. The zero-order valence-electron chi connectivity index (χ0n) is 5.47. The van der Waals surface area contributed by atoms with Crippen molar-refractivity contribution >= 4 is 18.3 Å². The topological polar surface area (TPSA) is 38.9 Å². The zero-order chi connectivity index (χ0) is 8.48. The molecule has 0 radical (unpaired) electrons. The maximum absolute atomic E-state index is 11.9. The van der Waals surface area contributed by atoms with E-state index in [1.807, 2.05) is 0 Å². The molecule has 0 aliphatic rings. The Balaban J connectivity index is 3.06. The molecule has 0 aliphatic heterocycles. The van der Waals surface area contributed by atoms with Crippen LogP contribution in [0.3, 0.4) is 0 Å². The summed E-state index contributed by atoms with van der Waals surface area (Å²) in [7, 11) is 0. The van der Waals surface area contributed by atoms with Crippen LogP contribution in [0, 0.1) is 0 Å². The second kappa shape index (κ2) is 2.45. The number of halogens is 3. The molecule has 1 rings (SSSR count). The molecule has 60 valence electrons. The number of hydrogen-bond acceptors (Lipinski definition) is 2. The van der Waals surface area contributed by atoms with Crippen LogP contribution >= 0.6 is 0 Å². The van der Waals surface area contributed by atoms with E-state index in [2.05, 4.69) is 4.98 Å². The average molecular weight is 161 g/mol. The summed E-state index contributed by atoms with van der Waals surface area (Å²) < 4.78 is 35.7. The van der Waals surface area contributed by atoms with Crippen molar-refractivity contribution in [3.63, 3.8) is 0 Å². The van der Waals surface area contributed by atoms with E-state index in [9.17, 15) is 12.9 Å². The standard InChI is InChI=1S/C5H5BF3N2/c7-6(8,9)5-3-4(10)1-2-11-5/h1-3H,(H2,10,11)/q-1. The van der Waals surface area contributed by atoms with Crippen LogP contribution in [0.2, 0.25) is 0 Å². The molecule has 11 heavy (non-hydrogen) atoms. The van der Waals surface area contributed by atoms with Crippen molar-refractivity contribution in [2.45, 2.75) is 0 Å². The van der Waals surface area contributed by atoms with Gasteiger partial charge < -0.3 is 18.7 Å². The van der Waals surface area contributed by atoms with Gasteiger partial charge in [0.2, 0.25) is 0 Å². The molecule has 2 nitrogen and oxygen atoms in total. The number of nitrogens with two attached hydrogens (primary N) is 1. The summed E-state index contributed by atoms with van der Waals surface area (Å²) in [4.78, 5) is 3.13. The van der Waals surface area contributed by atoms with Crippen LogP contribution in [0.15, 0.2) is 18.3 Å². The van der Waals surface area contributed by atoms with E-state index in [-0.39, 0.29) is 5.69 Å². The largest absolute Gasteiger partial charge is 0.527 e. The first-order valence-electron chi connectivity index (χ1n) is 2.91. The van der Waals surface area contributed by atoms with Gasteiger partial charge in [-0.1, -0.05) is 0 Å². The third-order valence-corrected chi connectivity index (χ3v) is 1.14. The molecule has 0 spiro atoms. The van der Waals surface area contributed by atoms with Gasteiger partial charge in [-0.3, -0.25) is 4.98 Å². The van der Waals surface area contributed by atoms with Crippen LogP contribution in [0.25, 0.3) is 0 Å². The van der Waals surface area contributed by atoms with Crippen LogP contribution in [0.4, 0.5) is 18.6 Å². The van der Waals surface area contributed by atoms with Crippen molar-refractivity contribution < 1.29 is 12.9 Å². The summed E-state index contributed by atoms with van der Waals surface area (Å²) in [6, 6.07) is 2.13. The molecule has 6 heteroatoms. The van der Waals surface area contributed by atoms with Crippen molar-refractivity contribution in [2.24, 2.45) is 0 Å². The molecule has 0 saturated carbocycles. The van der Waals surface area contributed by atoms with E-state index in [1.54, 1.807) is 0 Å². The average Bonchev–Trinajstić information content (AvgIpc) is 1.86. The van der Waals surface area contributed by atoms with Crippen LogP contribution in [0.5, 0.6) is 0 Å². The van der Waals surface area contributed by atoms with Crippen LogP contribution < -0.4 is 11.3 Å². The Morgan fingerprint density at radius 2 is 2.00 bits per heavy atom. The van der Waals surface area contributed by atoms with Gasteiger partial charge in [0, 0.05) is 11.9 Å². The maximum atomic E-state index is 11.9. The van der Waals surface area contributed by atoms with Gasteiger partial charge in [0.25, 0.3) is 0 Å². The highest BCUT2D eigenvalue weighted by atomic mass is 19.4. The molecule has 0 bridgehead atoms. The van der Waals surface area contributed by atoms with Gasteiger partial charge in [-0.2, -0.15) is 0 Å². The number of nitrogen functional groups attached to an aromatic ring is 1. The van der Waals surface area contributed by atoms with Crippen LogP contribution in [0.1, 0.15) is 0 Å². The van der Waals surface area contributed by atoms with E-state index in [0.717, 1.165) is 12.3 Å². The summed E-state index contributed by atoms with van der Waals surface area (Å²) >= 11 is 0. The minimum Gasteiger partial charge on any atom is -0.444 e. The SMILES string of the molecule is Nc1ccnc([B-](F)(F)F)c1. The molecule has 0 unspecified atom stereocenters. The Kier molecular flexibility index (Phi) is 1.76. The third kappa shape index (κ3) is 1.86. The Morgan fingerprint density at radius 1 is 1.36 bits per heavy atom. The number of anilines is 1. The lowest BCUT2D eigenvalue weighted by Gasteiger charge is -2.12. The van der Waals surface area contributed by atoms with Gasteiger partial charge in [-0.15, -0.1) is 0 Å². The Hall–Kier alpha value is -1.20. The van der Waals surface area contributed by atoms with Crippen molar-refractivity contribution in [1.29, 1.82) is 0 Å². The number of nitrogens with zero attached hydrogens (tertiary/aromatic N) is 1. The maximum Gasteiger partial charge on any atom is 0.527 e. The van der Waals surface area contributed by atoms with E-state index in [1.165, 1.54) is 6.07 Å². The lowest BCUT2D eigenvalue weighted by molar-refractivity contribution is 0.498.